The molecule has 0 aliphatic rings. The van der Waals surface area contributed by atoms with Gasteiger partial charge >= 0.3 is 0 Å². The van der Waals surface area contributed by atoms with Gasteiger partial charge in [-0.3, -0.25) is 9.78 Å². The van der Waals surface area contributed by atoms with Gasteiger partial charge in [0.25, 0.3) is 0 Å². The van der Waals surface area contributed by atoms with Crippen molar-refractivity contribution in [2.45, 2.75) is 18.9 Å². The molecule has 0 saturated heterocycles. The SMILES string of the molecule is CC(c1ccncc1)N(C)C(=O)C(CN)c1ccccc1. The fraction of sp³-hybridized carbons (Fsp3) is 0.294. The molecule has 110 valence electrons. The van der Waals surface area contributed by atoms with Gasteiger partial charge in [0.2, 0.25) is 5.91 Å². The van der Waals surface area contributed by atoms with Gasteiger partial charge in [0, 0.05) is 26.0 Å². The normalized spacial score (nSPS) is 13.5. The Morgan fingerprint density at radius 1 is 1.14 bits per heavy atom. The number of nitrogens with two attached hydrogens (primary N) is 1. The summed E-state index contributed by atoms with van der Waals surface area (Å²) in [5, 5.41) is 0. The zero-order valence-electron chi connectivity index (χ0n) is 12.4. The minimum atomic E-state index is -0.305. The predicted octanol–water partition coefficient (Wildman–Crippen LogP) is 2.34. The summed E-state index contributed by atoms with van der Waals surface area (Å²) in [5.74, 6) is -0.270. The number of benzene rings is 1. The molecule has 1 amide bonds. The largest absolute Gasteiger partial charge is 0.338 e. The Morgan fingerprint density at radius 2 is 1.76 bits per heavy atom. The van der Waals surface area contributed by atoms with Crippen molar-refractivity contribution in [1.29, 1.82) is 0 Å². The summed E-state index contributed by atoms with van der Waals surface area (Å²) in [6, 6.07) is 13.5. The van der Waals surface area contributed by atoms with Crippen molar-refractivity contribution >= 4 is 5.91 Å². The summed E-state index contributed by atoms with van der Waals surface area (Å²) in [4.78, 5) is 18.5. The van der Waals surface area contributed by atoms with E-state index >= 15 is 0 Å². The number of rotatable bonds is 5. The third kappa shape index (κ3) is 3.47. The highest BCUT2D eigenvalue weighted by Crippen LogP contribution is 2.23. The van der Waals surface area contributed by atoms with Gasteiger partial charge < -0.3 is 10.6 Å². The number of pyridine rings is 1. The third-order valence-electron chi connectivity index (χ3n) is 3.85. The molecule has 0 fully saturated rings. The van der Waals surface area contributed by atoms with Crippen molar-refractivity contribution in [3.63, 3.8) is 0 Å². The van der Waals surface area contributed by atoms with E-state index in [9.17, 15) is 4.79 Å². The Morgan fingerprint density at radius 3 is 2.33 bits per heavy atom. The van der Waals surface area contributed by atoms with Crippen LogP contribution in [0.2, 0.25) is 0 Å². The molecule has 4 nitrogen and oxygen atoms in total. The molecule has 2 atom stereocenters. The highest BCUT2D eigenvalue weighted by atomic mass is 16.2. The quantitative estimate of drug-likeness (QED) is 0.916. The van der Waals surface area contributed by atoms with Crippen LogP contribution >= 0.6 is 0 Å². The van der Waals surface area contributed by atoms with Crippen LogP contribution in [0.3, 0.4) is 0 Å². The third-order valence-corrected chi connectivity index (χ3v) is 3.85. The highest BCUT2D eigenvalue weighted by Gasteiger charge is 2.25. The Kier molecular flexibility index (Phi) is 5.06. The Balaban J connectivity index is 2.18. The van der Waals surface area contributed by atoms with Gasteiger partial charge in [-0.15, -0.1) is 0 Å². The molecular formula is C17H21N3O. The first kappa shape index (κ1) is 15.2. The monoisotopic (exact) mass is 283 g/mol. The molecule has 0 saturated carbocycles. The zero-order valence-corrected chi connectivity index (χ0v) is 12.4. The van der Waals surface area contributed by atoms with Crippen LogP contribution in [0.5, 0.6) is 0 Å². The molecule has 1 aromatic heterocycles. The van der Waals surface area contributed by atoms with Gasteiger partial charge in [-0.05, 0) is 30.2 Å². The van der Waals surface area contributed by atoms with Crippen LogP contribution in [0.4, 0.5) is 0 Å². The van der Waals surface area contributed by atoms with E-state index in [-0.39, 0.29) is 17.9 Å². The lowest BCUT2D eigenvalue weighted by molar-refractivity contribution is -0.133. The molecule has 2 unspecified atom stereocenters. The summed E-state index contributed by atoms with van der Waals surface area (Å²) in [7, 11) is 1.82. The van der Waals surface area contributed by atoms with Crippen LogP contribution in [-0.2, 0) is 4.79 Å². The summed E-state index contributed by atoms with van der Waals surface area (Å²) in [5.41, 5.74) is 7.84. The minimum Gasteiger partial charge on any atom is -0.338 e. The van der Waals surface area contributed by atoms with Crippen LogP contribution in [0.1, 0.15) is 30.0 Å². The minimum absolute atomic E-state index is 0.0155. The second kappa shape index (κ2) is 6.99. The molecule has 0 aliphatic heterocycles. The maximum absolute atomic E-state index is 12.7. The number of carbonyl (C=O) groups excluding carboxylic acids is 1. The molecule has 1 aromatic carbocycles. The van der Waals surface area contributed by atoms with E-state index in [4.69, 9.17) is 5.73 Å². The standard InChI is InChI=1S/C17H21N3O/c1-13(14-8-10-19-11-9-14)20(2)17(21)16(12-18)15-6-4-3-5-7-15/h3-11,13,16H,12,18H2,1-2H3. The predicted molar refractivity (Wildman–Crippen MR) is 83.7 cm³/mol. The second-order valence-electron chi connectivity index (χ2n) is 5.10. The van der Waals surface area contributed by atoms with Crippen molar-refractivity contribution in [2.75, 3.05) is 13.6 Å². The molecular weight excluding hydrogens is 262 g/mol. The number of hydrogen-bond acceptors (Lipinski definition) is 3. The molecule has 2 N–H and O–H groups in total. The molecule has 0 bridgehead atoms. The number of hydrogen-bond donors (Lipinski definition) is 1. The molecule has 0 spiro atoms. The van der Waals surface area contributed by atoms with Gasteiger partial charge in [0.15, 0.2) is 0 Å². The summed E-state index contributed by atoms with van der Waals surface area (Å²) in [6.45, 7) is 2.31. The number of likely N-dealkylation sites (N-methyl/N-ethyl adjacent to an activating group) is 1. The lowest BCUT2D eigenvalue weighted by atomic mass is 9.96. The van der Waals surface area contributed by atoms with E-state index in [1.807, 2.05) is 56.4 Å². The molecule has 1 heterocycles. The smallest absolute Gasteiger partial charge is 0.231 e. The number of carbonyl (C=O) groups is 1. The number of nitrogens with zero attached hydrogens (tertiary/aromatic N) is 2. The average molecular weight is 283 g/mol. The van der Waals surface area contributed by atoms with E-state index in [2.05, 4.69) is 4.98 Å². The first-order valence-corrected chi connectivity index (χ1v) is 7.06. The Hall–Kier alpha value is -2.20. The maximum Gasteiger partial charge on any atom is 0.231 e. The van der Waals surface area contributed by atoms with Crippen LogP contribution in [0.25, 0.3) is 0 Å². The Labute approximate surface area is 125 Å². The fourth-order valence-corrected chi connectivity index (χ4v) is 2.37. The van der Waals surface area contributed by atoms with Crippen molar-refractivity contribution < 1.29 is 4.79 Å². The zero-order chi connectivity index (χ0) is 15.2. The molecule has 2 rings (SSSR count). The lowest BCUT2D eigenvalue weighted by Gasteiger charge is -2.29. The van der Waals surface area contributed by atoms with Crippen molar-refractivity contribution in [2.24, 2.45) is 5.73 Å². The van der Waals surface area contributed by atoms with E-state index < -0.39 is 0 Å². The van der Waals surface area contributed by atoms with Gasteiger partial charge in [-0.25, -0.2) is 0 Å². The maximum atomic E-state index is 12.7. The molecule has 0 aliphatic carbocycles. The topological polar surface area (TPSA) is 59.2 Å². The van der Waals surface area contributed by atoms with Crippen LogP contribution in [0, 0.1) is 0 Å². The van der Waals surface area contributed by atoms with Crippen molar-refractivity contribution in [1.82, 2.24) is 9.88 Å². The molecule has 2 aromatic rings. The summed E-state index contributed by atoms with van der Waals surface area (Å²) < 4.78 is 0. The molecule has 21 heavy (non-hydrogen) atoms. The van der Waals surface area contributed by atoms with Gasteiger partial charge in [-0.1, -0.05) is 30.3 Å². The van der Waals surface area contributed by atoms with Gasteiger partial charge in [0.05, 0.1) is 12.0 Å². The Bertz CT molecular complexity index is 571. The van der Waals surface area contributed by atoms with E-state index in [0.29, 0.717) is 6.54 Å². The number of aromatic nitrogens is 1. The van der Waals surface area contributed by atoms with E-state index in [0.717, 1.165) is 11.1 Å². The highest BCUT2D eigenvalue weighted by molar-refractivity contribution is 5.84. The first-order valence-electron chi connectivity index (χ1n) is 7.06. The molecule has 0 radical (unpaired) electrons. The second-order valence-corrected chi connectivity index (χ2v) is 5.10. The van der Waals surface area contributed by atoms with Gasteiger partial charge in [-0.2, -0.15) is 0 Å². The fourth-order valence-electron chi connectivity index (χ4n) is 2.37. The summed E-state index contributed by atoms with van der Waals surface area (Å²) >= 11 is 0. The van der Waals surface area contributed by atoms with Crippen LogP contribution in [-0.4, -0.2) is 29.4 Å². The lowest BCUT2D eigenvalue weighted by Crippen LogP contribution is -2.36. The van der Waals surface area contributed by atoms with Gasteiger partial charge in [0.1, 0.15) is 0 Å². The van der Waals surface area contributed by atoms with E-state index in [1.165, 1.54) is 0 Å². The molecule has 4 heteroatoms. The number of amides is 1. The summed E-state index contributed by atoms with van der Waals surface area (Å²) in [6.07, 6.45) is 3.48. The van der Waals surface area contributed by atoms with Crippen LogP contribution < -0.4 is 5.73 Å². The van der Waals surface area contributed by atoms with Crippen molar-refractivity contribution in [3.8, 4) is 0 Å². The van der Waals surface area contributed by atoms with E-state index in [1.54, 1.807) is 17.3 Å². The van der Waals surface area contributed by atoms with Crippen LogP contribution in [0.15, 0.2) is 54.9 Å². The average Bonchev–Trinajstić information content (AvgIpc) is 2.56. The first-order chi connectivity index (χ1) is 10.1. The van der Waals surface area contributed by atoms with Crippen molar-refractivity contribution in [3.05, 3.63) is 66.0 Å².